The molecule has 0 aliphatic carbocycles. The number of rotatable bonds is 3. The van der Waals surface area contributed by atoms with Crippen molar-refractivity contribution in [3.8, 4) is 0 Å². The van der Waals surface area contributed by atoms with Gasteiger partial charge in [-0.25, -0.2) is 0 Å². The van der Waals surface area contributed by atoms with Crippen molar-refractivity contribution < 1.29 is 9.90 Å². The van der Waals surface area contributed by atoms with Gasteiger partial charge in [-0.2, -0.15) is 0 Å². The lowest BCUT2D eigenvalue weighted by Gasteiger charge is -2.34. The molecule has 1 fully saturated rings. The van der Waals surface area contributed by atoms with Gasteiger partial charge >= 0.3 is 0 Å². The highest BCUT2D eigenvalue weighted by Gasteiger charge is 2.15. The number of benzene rings is 1. The van der Waals surface area contributed by atoms with Crippen molar-refractivity contribution >= 4 is 12.1 Å². The maximum atomic E-state index is 10.6. The van der Waals surface area contributed by atoms with E-state index in [1.54, 1.807) is 4.90 Å². The molecule has 1 saturated heterocycles. The smallest absolute Gasteiger partial charge is 0.209 e. The van der Waals surface area contributed by atoms with E-state index in [4.69, 9.17) is 10.8 Å². The van der Waals surface area contributed by atoms with Gasteiger partial charge in [-0.1, -0.05) is 32.9 Å². The summed E-state index contributed by atoms with van der Waals surface area (Å²) in [6, 6.07) is 8.19. The Morgan fingerprint density at radius 3 is 2.00 bits per heavy atom. The van der Waals surface area contributed by atoms with Crippen molar-refractivity contribution in [3.63, 3.8) is 0 Å². The fraction of sp³-hybridized carbons (Fsp3) is 0.611. The Morgan fingerprint density at radius 1 is 1.17 bits per heavy atom. The number of amides is 1. The number of aliphatic hydroxyl groups excluding tert-OH is 1. The van der Waals surface area contributed by atoms with Crippen LogP contribution in [0.5, 0.6) is 0 Å². The summed E-state index contributed by atoms with van der Waals surface area (Å²) in [4.78, 5) is 14.6. The summed E-state index contributed by atoms with van der Waals surface area (Å²) in [5, 5.41) is 8.95. The molecular weight excluding hydrogens is 290 g/mol. The van der Waals surface area contributed by atoms with Crippen LogP contribution >= 0.6 is 0 Å². The lowest BCUT2D eigenvalue weighted by Crippen LogP contribution is -2.45. The van der Waals surface area contributed by atoms with Crippen LogP contribution in [0.2, 0.25) is 0 Å². The minimum absolute atomic E-state index is 0.0825. The molecule has 1 amide bonds. The number of anilines is 1. The predicted octanol–water partition coefficient (Wildman–Crippen LogP) is 1.84. The van der Waals surface area contributed by atoms with E-state index in [1.807, 2.05) is 31.2 Å². The number of aliphatic hydroxyl groups is 1. The summed E-state index contributed by atoms with van der Waals surface area (Å²) in [6.07, 6.45) is 0.909. The second-order valence-electron chi connectivity index (χ2n) is 7.11. The summed E-state index contributed by atoms with van der Waals surface area (Å²) in [7, 11) is 0. The summed E-state index contributed by atoms with van der Waals surface area (Å²) in [6.45, 7) is 11.8. The number of hydrogen-bond acceptors (Lipinski definition) is 4. The second-order valence-corrected chi connectivity index (χ2v) is 7.11. The van der Waals surface area contributed by atoms with Crippen LogP contribution in [0.4, 0.5) is 5.69 Å². The molecule has 0 aromatic heterocycles. The monoisotopic (exact) mass is 321 g/mol. The average molecular weight is 321 g/mol. The van der Waals surface area contributed by atoms with E-state index >= 15 is 0 Å². The van der Waals surface area contributed by atoms with E-state index < -0.39 is 0 Å². The van der Waals surface area contributed by atoms with Gasteiger partial charge in [0.25, 0.3) is 0 Å². The topological polar surface area (TPSA) is 69.8 Å². The van der Waals surface area contributed by atoms with Crippen molar-refractivity contribution in [1.82, 2.24) is 4.90 Å². The molecule has 130 valence electrons. The van der Waals surface area contributed by atoms with Crippen LogP contribution in [0.3, 0.4) is 0 Å². The molecule has 23 heavy (non-hydrogen) atoms. The zero-order chi connectivity index (χ0) is 17.5. The predicted molar refractivity (Wildman–Crippen MR) is 95.3 cm³/mol. The molecule has 1 aromatic rings. The number of carbonyl (C=O) groups is 1. The summed E-state index contributed by atoms with van der Waals surface area (Å²) in [5.41, 5.74) is 7.93. The minimum atomic E-state index is 0.0825. The molecule has 1 heterocycles. The zero-order valence-electron chi connectivity index (χ0n) is 14.8. The van der Waals surface area contributed by atoms with Crippen molar-refractivity contribution in [2.24, 2.45) is 11.1 Å². The van der Waals surface area contributed by atoms with Crippen LogP contribution in [0, 0.1) is 5.41 Å². The van der Waals surface area contributed by atoms with Crippen molar-refractivity contribution in [2.45, 2.75) is 40.3 Å². The van der Waals surface area contributed by atoms with Crippen LogP contribution in [0.15, 0.2) is 24.3 Å². The fourth-order valence-electron chi connectivity index (χ4n) is 1.90. The van der Waals surface area contributed by atoms with E-state index in [0.29, 0.717) is 6.04 Å². The van der Waals surface area contributed by atoms with Crippen molar-refractivity contribution in [1.29, 1.82) is 0 Å². The van der Waals surface area contributed by atoms with Gasteiger partial charge in [-0.3, -0.25) is 4.79 Å². The van der Waals surface area contributed by atoms with Crippen LogP contribution in [0.25, 0.3) is 0 Å². The van der Waals surface area contributed by atoms with E-state index in [9.17, 15) is 4.79 Å². The standard InChI is InChI=1S/C12H16N2O2.C6H15N/c15-9-11-1-3-12(4-2-11)14-7-5-13(10-16)6-8-14;1-5(7)6(2,3)4/h1-4,10,15H,5-9H2;5H,7H2,1-4H3. The first-order chi connectivity index (χ1) is 10.8. The van der Waals surface area contributed by atoms with Crippen LogP contribution in [0.1, 0.15) is 33.3 Å². The van der Waals surface area contributed by atoms with Gasteiger partial charge in [-0.05, 0) is 30.0 Å². The maximum absolute atomic E-state index is 10.6. The Morgan fingerprint density at radius 2 is 1.65 bits per heavy atom. The lowest BCUT2D eigenvalue weighted by atomic mass is 9.89. The zero-order valence-corrected chi connectivity index (χ0v) is 14.8. The SMILES string of the molecule is CC(N)C(C)(C)C.O=CN1CCN(c2ccc(CO)cc2)CC1. The molecule has 2 rings (SSSR count). The Hall–Kier alpha value is -1.59. The highest BCUT2D eigenvalue weighted by atomic mass is 16.3. The van der Waals surface area contributed by atoms with Gasteiger partial charge in [0.05, 0.1) is 6.61 Å². The number of hydrogen-bond donors (Lipinski definition) is 2. The first kappa shape index (κ1) is 19.5. The third-order valence-corrected chi connectivity index (χ3v) is 4.31. The van der Waals surface area contributed by atoms with E-state index in [1.165, 1.54) is 0 Å². The molecule has 1 aromatic carbocycles. The van der Waals surface area contributed by atoms with E-state index in [2.05, 4.69) is 25.7 Å². The van der Waals surface area contributed by atoms with Gasteiger partial charge in [0.1, 0.15) is 0 Å². The molecule has 1 unspecified atom stereocenters. The largest absolute Gasteiger partial charge is 0.392 e. The molecule has 1 aliphatic rings. The van der Waals surface area contributed by atoms with Gasteiger partial charge in [-0.15, -0.1) is 0 Å². The van der Waals surface area contributed by atoms with Crippen molar-refractivity contribution in [3.05, 3.63) is 29.8 Å². The third-order valence-electron chi connectivity index (χ3n) is 4.31. The van der Waals surface area contributed by atoms with Gasteiger partial charge in [0.15, 0.2) is 0 Å². The Kier molecular flexibility index (Phi) is 7.52. The first-order valence-electron chi connectivity index (χ1n) is 8.17. The Balaban J connectivity index is 0.000000322. The molecular formula is C18H31N3O2. The number of nitrogens with zero attached hydrogens (tertiary/aromatic N) is 2. The quantitative estimate of drug-likeness (QED) is 0.834. The summed E-state index contributed by atoms with van der Waals surface area (Å²) >= 11 is 0. The maximum Gasteiger partial charge on any atom is 0.209 e. The number of carbonyl (C=O) groups excluding carboxylic acids is 1. The molecule has 5 nitrogen and oxygen atoms in total. The molecule has 1 atom stereocenters. The molecule has 1 aliphatic heterocycles. The third kappa shape index (κ3) is 6.59. The highest BCUT2D eigenvalue weighted by molar-refractivity contribution is 5.51. The van der Waals surface area contributed by atoms with Gasteiger partial charge in [0, 0.05) is 37.9 Å². The molecule has 0 saturated carbocycles. The number of nitrogens with two attached hydrogens (primary N) is 1. The van der Waals surface area contributed by atoms with Crippen LogP contribution < -0.4 is 10.6 Å². The van der Waals surface area contributed by atoms with Gasteiger partial charge < -0.3 is 20.6 Å². The van der Waals surface area contributed by atoms with Crippen molar-refractivity contribution in [2.75, 3.05) is 31.1 Å². The highest BCUT2D eigenvalue weighted by Crippen LogP contribution is 2.17. The van der Waals surface area contributed by atoms with Crippen LogP contribution in [-0.2, 0) is 11.4 Å². The lowest BCUT2D eigenvalue weighted by molar-refractivity contribution is -0.118. The fourth-order valence-corrected chi connectivity index (χ4v) is 1.90. The second kappa shape index (κ2) is 8.89. The number of piperazine rings is 1. The Bertz CT molecular complexity index is 458. The normalized spacial score (nSPS) is 16.4. The molecule has 0 radical (unpaired) electrons. The summed E-state index contributed by atoms with van der Waals surface area (Å²) < 4.78 is 0. The Labute approximate surface area is 140 Å². The average Bonchev–Trinajstić information content (AvgIpc) is 2.55. The summed E-state index contributed by atoms with van der Waals surface area (Å²) in [5.74, 6) is 0. The minimum Gasteiger partial charge on any atom is -0.392 e. The molecule has 3 N–H and O–H groups in total. The first-order valence-corrected chi connectivity index (χ1v) is 8.17. The molecule has 5 heteroatoms. The van der Waals surface area contributed by atoms with E-state index in [-0.39, 0.29) is 12.0 Å². The molecule has 0 spiro atoms. The van der Waals surface area contributed by atoms with Crippen LogP contribution in [-0.4, -0.2) is 48.6 Å². The van der Waals surface area contributed by atoms with Gasteiger partial charge in [0.2, 0.25) is 6.41 Å². The van der Waals surface area contributed by atoms with E-state index in [0.717, 1.165) is 43.8 Å². The molecule has 0 bridgehead atoms.